The number of carbonyl (C=O) groups excluding carboxylic acids is 1. The number of ether oxygens (including phenoxy) is 2. The molecule has 3 nitrogen and oxygen atoms in total. The summed E-state index contributed by atoms with van der Waals surface area (Å²) in [6, 6.07) is 3.23. The summed E-state index contributed by atoms with van der Waals surface area (Å²) in [6.07, 6.45) is 5.05. The number of rotatable bonds is 5. The fourth-order valence-corrected chi connectivity index (χ4v) is 2.97. The summed E-state index contributed by atoms with van der Waals surface area (Å²) in [5, 5.41) is 0. The van der Waals surface area contributed by atoms with Gasteiger partial charge in [0.25, 0.3) is 0 Å². The number of benzene rings is 1. The normalized spacial score (nSPS) is 15.3. The Hall–Kier alpha value is -1.10. The summed E-state index contributed by atoms with van der Waals surface area (Å²) in [7, 11) is 1.34. The second-order valence-electron chi connectivity index (χ2n) is 4.99. The van der Waals surface area contributed by atoms with Gasteiger partial charge in [-0.05, 0) is 65.7 Å². The third-order valence-corrected chi connectivity index (χ3v) is 4.08. The largest absolute Gasteiger partial charge is 0.486 e. The van der Waals surface area contributed by atoms with Crippen LogP contribution in [0.1, 0.15) is 37.7 Å². The van der Waals surface area contributed by atoms with E-state index in [2.05, 4.69) is 20.7 Å². The zero-order valence-electron chi connectivity index (χ0n) is 11.5. The summed E-state index contributed by atoms with van der Waals surface area (Å²) >= 11 is 3.35. The summed E-state index contributed by atoms with van der Waals surface area (Å²) in [5.74, 6) is -0.405. The van der Waals surface area contributed by atoms with Gasteiger partial charge in [-0.3, -0.25) is 4.79 Å². The lowest BCUT2D eigenvalue weighted by Gasteiger charge is -2.16. The van der Waals surface area contributed by atoms with Crippen LogP contribution < -0.4 is 4.74 Å². The Morgan fingerprint density at radius 3 is 2.70 bits per heavy atom. The highest BCUT2D eigenvalue weighted by Gasteiger charge is 2.20. The molecule has 0 N–H and O–H groups in total. The van der Waals surface area contributed by atoms with Crippen molar-refractivity contribution in [3.05, 3.63) is 28.0 Å². The van der Waals surface area contributed by atoms with E-state index in [9.17, 15) is 9.18 Å². The number of hydrogen-bond donors (Lipinski definition) is 0. The molecular weight excluding hydrogens is 327 g/mol. The predicted octanol–water partition coefficient (Wildman–Crippen LogP) is 4.02. The molecule has 1 fully saturated rings. The summed E-state index contributed by atoms with van der Waals surface area (Å²) in [4.78, 5) is 11.1. The van der Waals surface area contributed by atoms with Gasteiger partial charge in [-0.1, -0.05) is 0 Å². The van der Waals surface area contributed by atoms with Crippen molar-refractivity contribution in [3.63, 3.8) is 0 Å². The Bertz CT molecular complexity index is 461. The Kier molecular flexibility index (Phi) is 5.40. The van der Waals surface area contributed by atoms with Gasteiger partial charge in [0.05, 0.1) is 17.7 Å². The number of methoxy groups -OCH3 is 1. The predicted molar refractivity (Wildman–Crippen MR) is 77.3 cm³/mol. The van der Waals surface area contributed by atoms with E-state index in [1.807, 2.05) is 0 Å². The molecule has 2 rings (SSSR count). The van der Waals surface area contributed by atoms with Crippen LogP contribution in [0, 0.1) is 5.82 Å². The maximum absolute atomic E-state index is 14.1. The molecule has 1 aliphatic carbocycles. The van der Waals surface area contributed by atoms with E-state index < -0.39 is 0 Å². The van der Waals surface area contributed by atoms with Gasteiger partial charge in [0, 0.05) is 6.42 Å². The second kappa shape index (κ2) is 7.07. The number of hydrogen-bond acceptors (Lipinski definition) is 3. The van der Waals surface area contributed by atoms with Crippen molar-refractivity contribution in [2.45, 2.75) is 44.6 Å². The molecule has 0 aliphatic heterocycles. The SMILES string of the molecule is COC(=O)CCc1cc(F)c(OC2CCCC2)c(Br)c1. The van der Waals surface area contributed by atoms with Gasteiger partial charge in [0.15, 0.2) is 11.6 Å². The molecule has 0 saturated heterocycles. The zero-order valence-corrected chi connectivity index (χ0v) is 13.0. The lowest BCUT2D eigenvalue weighted by molar-refractivity contribution is -0.140. The van der Waals surface area contributed by atoms with Gasteiger partial charge in [-0.2, -0.15) is 0 Å². The van der Waals surface area contributed by atoms with Crippen molar-refractivity contribution in [1.82, 2.24) is 0 Å². The first-order valence-corrected chi connectivity index (χ1v) is 7.61. The highest BCUT2D eigenvalue weighted by molar-refractivity contribution is 9.10. The van der Waals surface area contributed by atoms with E-state index in [-0.39, 0.29) is 30.1 Å². The fraction of sp³-hybridized carbons (Fsp3) is 0.533. The molecule has 0 bridgehead atoms. The minimum Gasteiger partial charge on any atom is -0.486 e. The van der Waals surface area contributed by atoms with Crippen LogP contribution in [0.5, 0.6) is 5.75 Å². The fourth-order valence-electron chi connectivity index (χ4n) is 2.39. The summed E-state index contributed by atoms with van der Waals surface area (Å²) < 4.78 is 25.0. The van der Waals surface area contributed by atoms with Crippen LogP contribution in [-0.2, 0) is 16.0 Å². The van der Waals surface area contributed by atoms with E-state index in [1.165, 1.54) is 13.2 Å². The van der Waals surface area contributed by atoms with Gasteiger partial charge in [0.1, 0.15) is 0 Å². The lowest BCUT2D eigenvalue weighted by Crippen LogP contribution is -2.12. The van der Waals surface area contributed by atoms with Crippen LogP contribution in [0.2, 0.25) is 0 Å². The quantitative estimate of drug-likeness (QED) is 0.757. The third-order valence-electron chi connectivity index (χ3n) is 3.49. The van der Waals surface area contributed by atoms with Gasteiger partial charge in [0.2, 0.25) is 0 Å². The maximum atomic E-state index is 14.1. The molecule has 1 aromatic rings. The number of aryl methyl sites for hydroxylation is 1. The van der Waals surface area contributed by atoms with Crippen molar-refractivity contribution in [2.75, 3.05) is 7.11 Å². The Morgan fingerprint density at radius 2 is 2.10 bits per heavy atom. The number of halogens is 2. The van der Waals surface area contributed by atoms with E-state index in [0.29, 0.717) is 10.9 Å². The van der Waals surface area contributed by atoms with E-state index in [0.717, 1.165) is 31.2 Å². The molecule has 0 atom stereocenters. The highest BCUT2D eigenvalue weighted by Crippen LogP contribution is 2.33. The maximum Gasteiger partial charge on any atom is 0.305 e. The number of carbonyl (C=O) groups is 1. The van der Waals surface area contributed by atoms with E-state index in [1.54, 1.807) is 6.07 Å². The van der Waals surface area contributed by atoms with Crippen LogP contribution in [-0.4, -0.2) is 19.2 Å². The molecule has 0 amide bonds. The first-order valence-electron chi connectivity index (χ1n) is 6.81. The highest BCUT2D eigenvalue weighted by atomic mass is 79.9. The Balaban J connectivity index is 2.05. The average Bonchev–Trinajstić information content (AvgIpc) is 2.93. The van der Waals surface area contributed by atoms with E-state index in [4.69, 9.17) is 4.74 Å². The van der Waals surface area contributed by atoms with Crippen molar-refractivity contribution in [3.8, 4) is 5.75 Å². The van der Waals surface area contributed by atoms with Crippen LogP contribution in [0.3, 0.4) is 0 Å². The molecule has 1 aromatic carbocycles. The molecular formula is C15H18BrFO3. The van der Waals surface area contributed by atoms with Gasteiger partial charge in [-0.25, -0.2) is 4.39 Å². The minimum atomic E-state index is -0.383. The van der Waals surface area contributed by atoms with Gasteiger partial charge >= 0.3 is 5.97 Å². The van der Waals surface area contributed by atoms with Gasteiger partial charge in [-0.15, -0.1) is 0 Å². The molecule has 0 unspecified atom stereocenters. The smallest absolute Gasteiger partial charge is 0.305 e. The van der Waals surface area contributed by atoms with Crippen LogP contribution in [0.4, 0.5) is 4.39 Å². The molecule has 110 valence electrons. The van der Waals surface area contributed by atoms with Crippen molar-refractivity contribution in [1.29, 1.82) is 0 Å². The minimum absolute atomic E-state index is 0.113. The standard InChI is InChI=1S/C15H18BrFO3/c1-19-14(18)7-6-10-8-12(16)15(13(17)9-10)20-11-4-2-3-5-11/h8-9,11H,2-7H2,1H3. The second-order valence-corrected chi connectivity index (χ2v) is 5.84. The molecule has 0 heterocycles. The summed E-state index contributed by atoms with van der Waals surface area (Å²) in [6.45, 7) is 0. The lowest BCUT2D eigenvalue weighted by atomic mass is 10.1. The Labute approximate surface area is 126 Å². The molecule has 0 spiro atoms. The molecule has 1 aliphatic rings. The van der Waals surface area contributed by atoms with Crippen LogP contribution >= 0.6 is 15.9 Å². The Morgan fingerprint density at radius 1 is 1.40 bits per heavy atom. The van der Waals surface area contributed by atoms with Crippen molar-refractivity contribution in [2.24, 2.45) is 0 Å². The molecule has 0 aromatic heterocycles. The van der Waals surface area contributed by atoms with E-state index >= 15 is 0 Å². The molecule has 20 heavy (non-hydrogen) atoms. The zero-order chi connectivity index (χ0) is 14.5. The first kappa shape index (κ1) is 15.3. The average molecular weight is 345 g/mol. The monoisotopic (exact) mass is 344 g/mol. The molecule has 5 heteroatoms. The third kappa shape index (κ3) is 3.95. The molecule has 0 radical (unpaired) electrons. The summed E-state index contributed by atoms with van der Waals surface area (Å²) in [5.41, 5.74) is 0.749. The topological polar surface area (TPSA) is 35.5 Å². The van der Waals surface area contributed by atoms with Crippen molar-refractivity contribution >= 4 is 21.9 Å². The van der Waals surface area contributed by atoms with Crippen LogP contribution in [0.15, 0.2) is 16.6 Å². The first-order chi connectivity index (χ1) is 9.60. The van der Waals surface area contributed by atoms with Gasteiger partial charge < -0.3 is 9.47 Å². The number of esters is 1. The van der Waals surface area contributed by atoms with Crippen LogP contribution in [0.25, 0.3) is 0 Å². The van der Waals surface area contributed by atoms with Crippen molar-refractivity contribution < 1.29 is 18.7 Å². The molecule has 1 saturated carbocycles.